The lowest BCUT2D eigenvalue weighted by Crippen LogP contribution is -2.32. The Bertz CT molecular complexity index is 213. The number of ether oxygens (including phenoxy) is 1. The number of hydrogen-bond donors (Lipinski definition) is 0. The quantitative estimate of drug-likeness (QED) is 0.502. The molecular formula is C11H18O3. The Hall–Kier alpha value is -0.120. The molecule has 3 heteroatoms. The second kappa shape index (κ2) is 3.47. The van der Waals surface area contributed by atoms with Crippen LogP contribution in [0.2, 0.25) is 0 Å². The summed E-state index contributed by atoms with van der Waals surface area (Å²) in [6.07, 6.45) is 8.54. The predicted molar refractivity (Wildman–Crippen MR) is 50.7 cm³/mol. The second-order valence-electron chi connectivity index (χ2n) is 4.93. The number of rotatable bonds is 2. The zero-order valence-corrected chi connectivity index (χ0v) is 8.54. The van der Waals surface area contributed by atoms with Gasteiger partial charge in [0.25, 0.3) is 0 Å². The van der Waals surface area contributed by atoms with Crippen LogP contribution in [0.25, 0.3) is 0 Å². The van der Waals surface area contributed by atoms with Gasteiger partial charge in [0.05, 0.1) is 0 Å². The van der Waals surface area contributed by atoms with Gasteiger partial charge in [0.15, 0.2) is 0 Å². The van der Waals surface area contributed by atoms with E-state index >= 15 is 0 Å². The van der Waals surface area contributed by atoms with E-state index in [-0.39, 0.29) is 5.60 Å². The van der Waals surface area contributed by atoms with Gasteiger partial charge in [-0.2, -0.15) is 0 Å². The summed E-state index contributed by atoms with van der Waals surface area (Å²) in [4.78, 5) is 9.96. The Kier molecular flexibility index (Phi) is 2.26. The highest BCUT2D eigenvalue weighted by Gasteiger charge is 2.59. The maximum Gasteiger partial charge on any atom is 0.124 e. The van der Waals surface area contributed by atoms with Crippen LogP contribution in [0.4, 0.5) is 0 Å². The van der Waals surface area contributed by atoms with Crippen LogP contribution in [-0.4, -0.2) is 24.9 Å². The van der Waals surface area contributed by atoms with Crippen LogP contribution in [-0.2, 0) is 14.5 Å². The topological polar surface area (TPSA) is 31.0 Å². The molecule has 80 valence electrons. The average Bonchev–Trinajstić information content (AvgIpc) is 2.93. The van der Waals surface area contributed by atoms with Crippen LogP contribution in [0.15, 0.2) is 0 Å². The van der Waals surface area contributed by atoms with Gasteiger partial charge in [-0.1, -0.05) is 32.1 Å². The Morgan fingerprint density at radius 3 is 2.71 bits per heavy atom. The van der Waals surface area contributed by atoms with Gasteiger partial charge in [0, 0.05) is 0 Å². The van der Waals surface area contributed by atoms with Crippen molar-refractivity contribution in [3.05, 3.63) is 0 Å². The van der Waals surface area contributed by atoms with Gasteiger partial charge >= 0.3 is 0 Å². The molecule has 2 aliphatic heterocycles. The molecule has 2 saturated heterocycles. The molecule has 14 heavy (non-hydrogen) atoms. The third-order valence-corrected chi connectivity index (χ3v) is 3.87. The van der Waals surface area contributed by atoms with E-state index in [9.17, 15) is 0 Å². The first kappa shape index (κ1) is 9.13. The molecule has 0 aromatic heterocycles. The lowest BCUT2D eigenvalue weighted by molar-refractivity contribution is -0.313. The Labute approximate surface area is 84.6 Å². The lowest BCUT2D eigenvalue weighted by Gasteiger charge is -2.26. The maximum atomic E-state index is 5.72. The highest BCUT2D eigenvalue weighted by Crippen LogP contribution is 2.47. The molecule has 0 N–H and O–H groups in total. The third-order valence-electron chi connectivity index (χ3n) is 3.87. The van der Waals surface area contributed by atoms with Crippen LogP contribution in [0.1, 0.15) is 38.5 Å². The minimum Gasteiger partial charge on any atom is -0.361 e. The zero-order valence-electron chi connectivity index (χ0n) is 8.54. The highest BCUT2D eigenvalue weighted by atomic mass is 17.2. The van der Waals surface area contributed by atoms with E-state index in [1.807, 2.05) is 0 Å². The van der Waals surface area contributed by atoms with Crippen LogP contribution in [0.5, 0.6) is 0 Å². The first-order valence-electron chi connectivity index (χ1n) is 5.81. The minimum absolute atomic E-state index is 0.0558. The van der Waals surface area contributed by atoms with Gasteiger partial charge in [-0.15, -0.1) is 0 Å². The second-order valence-corrected chi connectivity index (χ2v) is 4.93. The normalized spacial score (nSPS) is 43.3. The van der Waals surface area contributed by atoms with Crippen molar-refractivity contribution < 1.29 is 14.5 Å². The van der Waals surface area contributed by atoms with E-state index in [0.717, 1.165) is 5.92 Å². The molecule has 2 atom stereocenters. The van der Waals surface area contributed by atoms with Crippen molar-refractivity contribution in [2.45, 2.75) is 50.2 Å². The summed E-state index contributed by atoms with van der Waals surface area (Å²) >= 11 is 0. The summed E-state index contributed by atoms with van der Waals surface area (Å²) in [5.74, 6) is 0.871. The van der Waals surface area contributed by atoms with Crippen molar-refractivity contribution in [3.8, 4) is 0 Å². The van der Waals surface area contributed by atoms with E-state index in [0.29, 0.717) is 19.3 Å². The van der Waals surface area contributed by atoms with Crippen LogP contribution < -0.4 is 0 Å². The van der Waals surface area contributed by atoms with Crippen molar-refractivity contribution in [2.24, 2.45) is 5.92 Å². The Morgan fingerprint density at radius 1 is 1.07 bits per heavy atom. The maximum absolute atomic E-state index is 5.72. The molecule has 0 spiro atoms. The van der Waals surface area contributed by atoms with Gasteiger partial charge in [-0.25, -0.2) is 9.78 Å². The molecular weight excluding hydrogens is 180 g/mol. The predicted octanol–water partition coefficient (Wildman–Crippen LogP) is 2.06. The summed E-state index contributed by atoms with van der Waals surface area (Å²) in [6.45, 7) is 1.28. The fourth-order valence-corrected chi connectivity index (χ4v) is 2.93. The van der Waals surface area contributed by atoms with Gasteiger partial charge < -0.3 is 4.74 Å². The smallest absolute Gasteiger partial charge is 0.124 e. The Morgan fingerprint density at radius 2 is 1.93 bits per heavy atom. The molecule has 0 amide bonds. The van der Waals surface area contributed by atoms with Gasteiger partial charge in [0.1, 0.15) is 24.9 Å². The molecule has 1 aliphatic carbocycles. The lowest BCUT2D eigenvalue weighted by atomic mass is 9.82. The number of epoxide rings is 1. The molecule has 3 aliphatic rings. The molecule has 0 bridgehead atoms. The number of fused-ring (bicyclic) bond motifs is 1. The molecule has 3 rings (SSSR count). The molecule has 2 heterocycles. The molecule has 0 radical (unpaired) electrons. The monoisotopic (exact) mass is 198 g/mol. The zero-order chi connectivity index (χ0) is 9.43. The summed E-state index contributed by atoms with van der Waals surface area (Å²) in [5, 5.41) is 0. The number of hydrogen-bond acceptors (Lipinski definition) is 3. The SMILES string of the molecule is C1CCC(C[C@@]23COOC[C@@H]2O3)CC1. The van der Waals surface area contributed by atoms with Gasteiger partial charge in [-0.3, -0.25) is 0 Å². The third kappa shape index (κ3) is 1.58. The van der Waals surface area contributed by atoms with Gasteiger partial charge in [-0.05, 0) is 12.3 Å². The first-order valence-corrected chi connectivity index (χ1v) is 5.81. The summed E-state index contributed by atoms with van der Waals surface area (Å²) in [7, 11) is 0. The molecule has 0 aromatic rings. The van der Waals surface area contributed by atoms with Crippen LogP contribution in [0, 0.1) is 5.92 Å². The van der Waals surface area contributed by atoms with Crippen molar-refractivity contribution in [2.75, 3.05) is 13.2 Å². The fourth-order valence-electron chi connectivity index (χ4n) is 2.93. The molecule has 3 fully saturated rings. The largest absolute Gasteiger partial charge is 0.361 e. The first-order chi connectivity index (χ1) is 6.89. The van der Waals surface area contributed by atoms with E-state index in [1.165, 1.54) is 38.5 Å². The Balaban J connectivity index is 1.56. The summed E-state index contributed by atoms with van der Waals surface area (Å²) in [6, 6.07) is 0. The fraction of sp³-hybridized carbons (Fsp3) is 1.00. The van der Waals surface area contributed by atoms with Crippen molar-refractivity contribution in [3.63, 3.8) is 0 Å². The standard InChI is InChI=1S/C11H18O3/c1-2-4-9(5-3-1)6-11-8-13-12-7-10(11)14-11/h9-10H,1-8H2/t10-,11+/m0/s1. The summed E-state index contributed by atoms with van der Waals surface area (Å²) < 4.78 is 5.72. The molecule has 3 nitrogen and oxygen atoms in total. The van der Waals surface area contributed by atoms with E-state index in [1.54, 1.807) is 0 Å². The summed E-state index contributed by atoms with van der Waals surface area (Å²) in [5.41, 5.74) is 0.0558. The average molecular weight is 198 g/mol. The van der Waals surface area contributed by atoms with E-state index < -0.39 is 0 Å². The van der Waals surface area contributed by atoms with Gasteiger partial charge in [0.2, 0.25) is 0 Å². The van der Waals surface area contributed by atoms with E-state index in [4.69, 9.17) is 14.5 Å². The molecule has 0 aromatic carbocycles. The van der Waals surface area contributed by atoms with Crippen LogP contribution in [0.3, 0.4) is 0 Å². The molecule has 0 unspecified atom stereocenters. The molecule has 1 saturated carbocycles. The van der Waals surface area contributed by atoms with Crippen molar-refractivity contribution in [1.82, 2.24) is 0 Å². The van der Waals surface area contributed by atoms with E-state index in [2.05, 4.69) is 0 Å². The highest BCUT2D eigenvalue weighted by molar-refractivity contribution is 5.04. The van der Waals surface area contributed by atoms with Crippen molar-refractivity contribution >= 4 is 0 Å². The minimum atomic E-state index is 0.0558. The van der Waals surface area contributed by atoms with Crippen LogP contribution >= 0.6 is 0 Å². The van der Waals surface area contributed by atoms with Crippen molar-refractivity contribution in [1.29, 1.82) is 0 Å².